The fourth-order valence-electron chi connectivity index (χ4n) is 5.51. The van der Waals surface area contributed by atoms with Gasteiger partial charge in [-0.1, -0.05) is 0 Å². The van der Waals surface area contributed by atoms with Crippen molar-refractivity contribution in [2.24, 2.45) is 0 Å². The maximum absolute atomic E-state index is 14.0. The molecule has 4 aliphatic rings. The minimum Gasteiger partial charge on any atom is -0.351 e. The predicted molar refractivity (Wildman–Crippen MR) is 145 cm³/mol. The Labute approximate surface area is 231 Å². The van der Waals surface area contributed by atoms with Crippen molar-refractivity contribution in [3.63, 3.8) is 0 Å². The highest BCUT2D eigenvalue weighted by atomic mass is 32.2. The lowest BCUT2D eigenvalue weighted by atomic mass is 10.2. The molecule has 7 rings (SSSR count). The van der Waals surface area contributed by atoms with Gasteiger partial charge in [0.2, 0.25) is 5.95 Å². The molecule has 39 heavy (non-hydrogen) atoms. The van der Waals surface area contributed by atoms with Crippen molar-refractivity contribution in [3.8, 4) is 10.6 Å². The van der Waals surface area contributed by atoms with Crippen LogP contribution in [0.2, 0.25) is 0 Å². The number of halogens is 3. The van der Waals surface area contributed by atoms with Gasteiger partial charge in [0, 0.05) is 61.5 Å². The van der Waals surface area contributed by atoms with Crippen LogP contribution in [0.1, 0.15) is 46.1 Å². The Morgan fingerprint density at radius 1 is 1.21 bits per heavy atom. The first-order chi connectivity index (χ1) is 18.7. The third-order valence-corrected chi connectivity index (χ3v) is 10.0. The number of nitrogens with one attached hydrogen (secondary N) is 2. The lowest BCUT2D eigenvalue weighted by molar-refractivity contribution is -0.137. The average molecular weight is 574 g/mol. The van der Waals surface area contributed by atoms with Crippen molar-refractivity contribution >= 4 is 46.5 Å². The molecule has 6 heterocycles. The lowest BCUT2D eigenvalue weighted by Gasteiger charge is -2.29. The second-order valence-electron chi connectivity index (χ2n) is 10.5. The topological polar surface area (TPSA) is 86.3 Å². The normalized spacial score (nSPS) is 22.8. The molecule has 3 aliphatic heterocycles. The van der Waals surface area contributed by atoms with Gasteiger partial charge < -0.3 is 20.4 Å². The van der Waals surface area contributed by atoms with Crippen molar-refractivity contribution in [3.05, 3.63) is 40.5 Å². The Morgan fingerprint density at radius 3 is 2.77 bits per heavy atom. The summed E-state index contributed by atoms with van der Waals surface area (Å²) >= 11 is 2.52. The maximum Gasteiger partial charge on any atom is 0.420 e. The first-order valence-electron chi connectivity index (χ1n) is 13.0. The molecule has 3 aromatic heterocycles. The fourth-order valence-corrected chi connectivity index (χ4v) is 7.94. The van der Waals surface area contributed by atoms with E-state index >= 15 is 0 Å². The Kier molecular flexibility index (Phi) is 6.01. The number of carbonyl (C=O) groups is 1. The summed E-state index contributed by atoms with van der Waals surface area (Å²) in [4.78, 5) is 31.5. The molecule has 204 valence electrons. The zero-order chi connectivity index (χ0) is 26.9. The number of amides is 1. The molecule has 0 radical (unpaired) electrons. The second-order valence-corrected chi connectivity index (χ2v) is 12.7. The molecule has 2 atom stereocenters. The number of nitrogens with zero attached hydrogens (tertiary/aromatic N) is 5. The number of hydrogen-bond acceptors (Lipinski definition) is 9. The highest BCUT2D eigenvalue weighted by molar-refractivity contribution is 7.99. The Bertz CT molecular complexity index is 1460. The van der Waals surface area contributed by atoms with Crippen LogP contribution in [0.25, 0.3) is 10.6 Å². The van der Waals surface area contributed by atoms with E-state index in [4.69, 9.17) is 4.98 Å². The van der Waals surface area contributed by atoms with Crippen LogP contribution in [0.3, 0.4) is 0 Å². The molecule has 2 saturated heterocycles. The van der Waals surface area contributed by atoms with E-state index < -0.39 is 11.7 Å². The summed E-state index contributed by atoms with van der Waals surface area (Å²) in [6.07, 6.45) is -0.647. The monoisotopic (exact) mass is 573 g/mol. The fraction of sp³-hybridized carbons (Fsp3) is 0.462. The van der Waals surface area contributed by atoms with Crippen LogP contribution >= 0.6 is 23.1 Å². The van der Waals surface area contributed by atoms with Gasteiger partial charge in [0.05, 0.1) is 22.0 Å². The van der Waals surface area contributed by atoms with E-state index in [1.165, 1.54) is 11.8 Å². The molecule has 1 amide bonds. The molecule has 8 nitrogen and oxygen atoms in total. The first-order valence-corrected chi connectivity index (χ1v) is 14.8. The van der Waals surface area contributed by atoms with Crippen molar-refractivity contribution < 1.29 is 18.0 Å². The molecule has 3 aromatic rings. The smallest absolute Gasteiger partial charge is 0.351 e. The summed E-state index contributed by atoms with van der Waals surface area (Å²) in [5.74, 6) is 1.81. The van der Waals surface area contributed by atoms with Crippen LogP contribution in [-0.2, 0) is 6.18 Å². The predicted octanol–water partition coefficient (Wildman–Crippen LogP) is 4.97. The van der Waals surface area contributed by atoms with E-state index in [0.29, 0.717) is 50.6 Å². The maximum atomic E-state index is 14.0. The van der Waals surface area contributed by atoms with Gasteiger partial charge in [-0.3, -0.25) is 4.79 Å². The number of rotatable bonds is 5. The van der Waals surface area contributed by atoms with E-state index in [2.05, 4.69) is 25.5 Å². The van der Waals surface area contributed by atoms with Gasteiger partial charge in [-0.2, -0.15) is 13.2 Å². The number of piperazine rings is 1. The molecule has 2 bridgehead atoms. The zero-order valence-electron chi connectivity index (χ0n) is 21.1. The molecule has 2 unspecified atom stereocenters. The average Bonchev–Trinajstić information content (AvgIpc) is 3.36. The van der Waals surface area contributed by atoms with Gasteiger partial charge >= 0.3 is 6.18 Å². The SMILES string of the molecule is CN1CCSc2cc(-c3nc(Nc4ccc(N5CC6CC5CN6)nc4C4CC4)ncc3C(F)(F)F)sc2C1=O. The first kappa shape index (κ1) is 25.1. The summed E-state index contributed by atoms with van der Waals surface area (Å²) in [5.41, 5.74) is 0.459. The van der Waals surface area contributed by atoms with Crippen LogP contribution in [-0.4, -0.2) is 70.3 Å². The molecule has 0 aromatic carbocycles. The number of alkyl halides is 3. The van der Waals surface area contributed by atoms with E-state index in [-0.39, 0.29) is 17.5 Å². The van der Waals surface area contributed by atoms with Gasteiger partial charge in [0.25, 0.3) is 5.91 Å². The largest absolute Gasteiger partial charge is 0.420 e. The number of pyridine rings is 1. The lowest BCUT2D eigenvalue weighted by Crippen LogP contribution is -2.44. The third-order valence-electron chi connectivity index (χ3n) is 7.72. The molecule has 0 spiro atoms. The van der Waals surface area contributed by atoms with Crippen molar-refractivity contribution in [1.82, 2.24) is 25.2 Å². The minimum absolute atomic E-state index is 0.0681. The van der Waals surface area contributed by atoms with Crippen LogP contribution < -0.4 is 15.5 Å². The van der Waals surface area contributed by atoms with Crippen molar-refractivity contribution in [1.29, 1.82) is 0 Å². The van der Waals surface area contributed by atoms with Gasteiger partial charge in [-0.25, -0.2) is 15.0 Å². The van der Waals surface area contributed by atoms with Gasteiger partial charge in [-0.15, -0.1) is 23.1 Å². The van der Waals surface area contributed by atoms with Crippen LogP contribution in [0.5, 0.6) is 0 Å². The number of carbonyl (C=O) groups excluding carboxylic acids is 1. The standard InChI is InChI=1S/C26H26F3N7OS2/c1-35-6-7-38-19-9-18(39-23(19)24(35)37)22-16(26(27,28)29)11-31-25(34-22)32-17-4-5-20(33-21(17)13-2-3-13)36-12-14-8-15(36)10-30-14/h4-5,9,11,13-15,30H,2-3,6-8,10,12H2,1H3,(H,31,32,34). The van der Waals surface area contributed by atoms with E-state index in [0.717, 1.165) is 61.4 Å². The number of thioether (sulfide) groups is 1. The van der Waals surface area contributed by atoms with Crippen LogP contribution in [0.4, 0.5) is 30.6 Å². The zero-order valence-corrected chi connectivity index (χ0v) is 22.7. The summed E-state index contributed by atoms with van der Waals surface area (Å²) in [7, 11) is 1.70. The van der Waals surface area contributed by atoms with E-state index in [9.17, 15) is 18.0 Å². The second kappa shape index (κ2) is 9.34. The molecule has 1 aliphatic carbocycles. The summed E-state index contributed by atoms with van der Waals surface area (Å²) in [6.45, 7) is 2.47. The number of fused-ring (bicyclic) bond motifs is 3. The third kappa shape index (κ3) is 4.63. The Balaban J connectivity index is 1.23. The quantitative estimate of drug-likeness (QED) is 0.443. The molecule has 13 heteroatoms. The summed E-state index contributed by atoms with van der Waals surface area (Å²) in [6, 6.07) is 6.50. The van der Waals surface area contributed by atoms with Crippen molar-refractivity contribution in [2.45, 2.75) is 48.3 Å². The van der Waals surface area contributed by atoms with E-state index in [1.807, 2.05) is 12.1 Å². The van der Waals surface area contributed by atoms with Gasteiger partial charge in [0.1, 0.15) is 16.3 Å². The minimum atomic E-state index is -4.64. The number of thiophene rings is 1. The highest BCUT2D eigenvalue weighted by Gasteiger charge is 2.40. The molecular formula is C26H26F3N7OS2. The molecule has 2 N–H and O–H groups in total. The van der Waals surface area contributed by atoms with E-state index in [1.54, 1.807) is 18.0 Å². The number of hydrogen-bond donors (Lipinski definition) is 2. The Hall–Kier alpha value is -2.90. The van der Waals surface area contributed by atoms with Crippen molar-refractivity contribution in [2.75, 3.05) is 42.7 Å². The molecule has 3 fully saturated rings. The number of aromatic nitrogens is 3. The van der Waals surface area contributed by atoms with Gasteiger partial charge in [-0.05, 0) is 37.5 Å². The van der Waals surface area contributed by atoms with Gasteiger partial charge in [0.15, 0.2) is 0 Å². The molecule has 1 saturated carbocycles. The number of anilines is 3. The summed E-state index contributed by atoms with van der Waals surface area (Å²) in [5, 5.41) is 6.67. The Morgan fingerprint density at radius 2 is 2.05 bits per heavy atom. The van der Waals surface area contributed by atoms with Crippen LogP contribution in [0.15, 0.2) is 29.3 Å². The molecular weight excluding hydrogens is 547 g/mol. The highest BCUT2D eigenvalue weighted by Crippen LogP contribution is 2.45. The summed E-state index contributed by atoms with van der Waals surface area (Å²) < 4.78 is 42.1. The van der Waals surface area contributed by atoms with Crippen LogP contribution in [0, 0.1) is 0 Å².